The lowest BCUT2D eigenvalue weighted by atomic mass is 10.0. The maximum absolute atomic E-state index is 12.2. The largest absolute Gasteiger partial charge is 0.466 e. The van der Waals surface area contributed by atoms with Gasteiger partial charge in [-0.2, -0.15) is 0 Å². The van der Waals surface area contributed by atoms with Crippen molar-refractivity contribution < 1.29 is 19.1 Å². The van der Waals surface area contributed by atoms with Crippen molar-refractivity contribution in [2.24, 2.45) is 0 Å². The Bertz CT molecular complexity index is 832. The maximum atomic E-state index is 12.2. The summed E-state index contributed by atoms with van der Waals surface area (Å²) < 4.78 is 9.92. The molecule has 0 aliphatic rings. The Hall–Kier alpha value is -2.21. The second-order valence-corrected chi connectivity index (χ2v) is 6.86. The van der Waals surface area contributed by atoms with Gasteiger partial charge in [-0.3, -0.25) is 5.32 Å². The number of esters is 1. The van der Waals surface area contributed by atoms with Gasteiger partial charge in [-0.15, -0.1) is 0 Å². The van der Waals surface area contributed by atoms with E-state index in [1.807, 2.05) is 0 Å². The van der Waals surface area contributed by atoms with E-state index in [2.05, 4.69) is 11.9 Å². The summed E-state index contributed by atoms with van der Waals surface area (Å²) in [5.74, 6) is -0.742. The molecule has 0 fully saturated rings. The van der Waals surface area contributed by atoms with E-state index in [0.29, 0.717) is 32.7 Å². The van der Waals surface area contributed by atoms with E-state index in [4.69, 9.17) is 44.3 Å². The molecule has 27 heavy (non-hydrogen) atoms. The van der Waals surface area contributed by atoms with Crippen molar-refractivity contribution in [2.75, 3.05) is 12.4 Å². The third-order valence-electron chi connectivity index (χ3n) is 3.46. The molecule has 2 rings (SSSR count). The number of hydrogen-bond donors (Lipinski definition) is 1. The third-order valence-corrected chi connectivity index (χ3v) is 4.15. The average Bonchev–Trinajstić information content (AvgIpc) is 2.60. The molecule has 0 saturated carbocycles. The first-order valence-electron chi connectivity index (χ1n) is 7.72. The highest BCUT2D eigenvalue weighted by Crippen LogP contribution is 2.23. The van der Waals surface area contributed by atoms with E-state index < -0.39 is 18.2 Å². The Morgan fingerprint density at radius 3 is 2.19 bits per heavy atom. The van der Waals surface area contributed by atoms with Crippen molar-refractivity contribution in [3.8, 4) is 0 Å². The predicted octanol–water partition coefficient (Wildman–Crippen LogP) is 5.54. The molecule has 0 saturated heterocycles. The van der Waals surface area contributed by atoms with Crippen LogP contribution >= 0.6 is 34.8 Å². The predicted molar refractivity (Wildman–Crippen MR) is 107 cm³/mol. The molecule has 0 spiro atoms. The van der Waals surface area contributed by atoms with Gasteiger partial charge in [-0.25, -0.2) is 9.59 Å². The molecule has 8 heteroatoms. The van der Waals surface area contributed by atoms with E-state index in [-0.39, 0.29) is 0 Å². The summed E-state index contributed by atoms with van der Waals surface area (Å²) in [6.07, 6.45) is -1.85. The van der Waals surface area contributed by atoms with Crippen molar-refractivity contribution in [1.29, 1.82) is 0 Å². The van der Waals surface area contributed by atoms with Crippen LogP contribution in [-0.2, 0) is 20.7 Å². The van der Waals surface area contributed by atoms with Gasteiger partial charge in [0.25, 0.3) is 0 Å². The Morgan fingerprint density at radius 1 is 1.04 bits per heavy atom. The zero-order valence-corrected chi connectivity index (χ0v) is 16.6. The number of hydrogen-bond acceptors (Lipinski definition) is 4. The molecule has 5 nitrogen and oxygen atoms in total. The van der Waals surface area contributed by atoms with Crippen LogP contribution in [0, 0.1) is 0 Å². The number of methoxy groups -OCH3 is 1. The number of halogens is 3. The quantitative estimate of drug-likeness (QED) is 0.485. The maximum Gasteiger partial charge on any atom is 0.412 e. The van der Waals surface area contributed by atoms with Crippen molar-refractivity contribution >= 4 is 52.6 Å². The minimum atomic E-state index is -1.28. The second-order valence-electron chi connectivity index (χ2n) is 5.55. The molecule has 0 aromatic heterocycles. The fourth-order valence-corrected chi connectivity index (χ4v) is 2.89. The molecular formula is C19H16Cl3NO4. The summed E-state index contributed by atoms with van der Waals surface area (Å²) >= 11 is 17.6. The minimum absolute atomic E-state index is 0.299. The van der Waals surface area contributed by atoms with Crippen LogP contribution in [0.3, 0.4) is 0 Å². The van der Waals surface area contributed by atoms with E-state index in [1.165, 1.54) is 25.3 Å². The standard InChI is InChI=1S/C19H16Cl3NO4/c1-11(7-12-3-5-13(20)6-4-12)17(18(24)26-2)27-19(25)23-16-9-14(21)8-15(22)10-16/h3-6,8-10,17H,1,7H2,2H3,(H,23,25). The molecule has 142 valence electrons. The Labute approximate surface area is 171 Å². The molecule has 2 aromatic rings. The molecule has 2 aromatic carbocycles. The summed E-state index contributed by atoms with van der Waals surface area (Å²) in [6, 6.07) is 11.5. The van der Waals surface area contributed by atoms with E-state index >= 15 is 0 Å². The van der Waals surface area contributed by atoms with Gasteiger partial charge < -0.3 is 9.47 Å². The SMILES string of the molecule is C=C(Cc1ccc(Cl)cc1)C(OC(=O)Nc1cc(Cl)cc(Cl)c1)C(=O)OC. The molecule has 1 atom stereocenters. The van der Waals surface area contributed by atoms with E-state index in [9.17, 15) is 9.59 Å². The highest BCUT2D eigenvalue weighted by atomic mass is 35.5. The van der Waals surface area contributed by atoms with Crippen LogP contribution in [-0.4, -0.2) is 25.3 Å². The number of carbonyl (C=O) groups is 2. The van der Waals surface area contributed by atoms with Crippen LogP contribution < -0.4 is 5.32 Å². The zero-order chi connectivity index (χ0) is 20.0. The number of rotatable bonds is 6. The molecule has 0 aliphatic heterocycles. The lowest BCUT2D eigenvalue weighted by molar-refractivity contribution is -0.148. The highest BCUT2D eigenvalue weighted by molar-refractivity contribution is 6.35. The van der Waals surface area contributed by atoms with Gasteiger partial charge in [0.2, 0.25) is 6.10 Å². The van der Waals surface area contributed by atoms with Crippen molar-refractivity contribution in [2.45, 2.75) is 12.5 Å². The van der Waals surface area contributed by atoms with Gasteiger partial charge >= 0.3 is 12.1 Å². The van der Waals surface area contributed by atoms with Crippen molar-refractivity contribution in [3.63, 3.8) is 0 Å². The summed E-state index contributed by atoms with van der Waals surface area (Å²) in [7, 11) is 1.20. The van der Waals surface area contributed by atoms with Crippen molar-refractivity contribution in [3.05, 3.63) is 75.2 Å². The van der Waals surface area contributed by atoms with Crippen LogP contribution in [0.25, 0.3) is 0 Å². The smallest absolute Gasteiger partial charge is 0.412 e. The number of carbonyl (C=O) groups excluding carboxylic acids is 2. The van der Waals surface area contributed by atoms with E-state index in [0.717, 1.165) is 5.56 Å². The van der Waals surface area contributed by atoms with Crippen LogP contribution in [0.15, 0.2) is 54.6 Å². The van der Waals surface area contributed by atoms with Gasteiger partial charge in [-0.05, 0) is 47.9 Å². The monoisotopic (exact) mass is 427 g/mol. The number of ether oxygens (including phenoxy) is 2. The molecule has 0 aliphatic carbocycles. The second kappa shape index (κ2) is 9.65. The molecule has 0 radical (unpaired) electrons. The number of amides is 1. The lowest BCUT2D eigenvalue weighted by Gasteiger charge is -2.18. The lowest BCUT2D eigenvalue weighted by Crippen LogP contribution is -2.32. The normalized spacial score (nSPS) is 11.4. The first-order chi connectivity index (χ1) is 12.8. The summed E-state index contributed by atoms with van der Waals surface area (Å²) in [6.45, 7) is 3.85. The number of nitrogens with one attached hydrogen (secondary N) is 1. The van der Waals surface area contributed by atoms with Crippen LogP contribution in [0.2, 0.25) is 15.1 Å². The highest BCUT2D eigenvalue weighted by Gasteiger charge is 2.27. The van der Waals surface area contributed by atoms with Gasteiger partial charge in [-0.1, -0.05) is 53.5 Å². The molecular weight excluding hydrogens is 413 g/mol. The van der Waals surface area contributed by atoms with Gasteiger partial charge in [0, 0.05) is 20.8 Å². The van der Waals surface area contributed by atoms with Crippen LogP contribution in [0.5, 0.6) is 0 Å². The van der Waals surface area contributed by atoms with Gasteiger partial charge in [0.1, 0.15) is 0 Å². The first kappa shape index (κ1) is 21.1. The average molecular weight is 429 g/mol. The molecule has 0 heterocycles. The molecule has 1 amide bonds. The molecule has 1 unspecified atom stereocenters. The summed E-state index contributed by atoms with van der Waals surface area (Å²) in [4.78, 5) is 24.2. The minimum Gasteiger partial charge on any atom is -0.466 e. The Morgan fingerprint density at radius 2 is 1.63 bits per heavy atom. The topological polar surface area (TPSA) is 64.6 Å². The number of benzene rings is 2. The van der Waals surface area contributed by atoms with Crippen molar-refractivity contribution in [1.82, 2.24) is 0 Å². The fourth-order valence-electron chi connectivity index (χ4n) is 2.24. The van der Waals surface area contributed by atoms with Gasteiger partial charge in [0.05, 0.1) is 7.11 Å². The molecule has 1 N–H and O–H groups in total. The fraction of sp³-hybridized carbons (Fsp3) is 0.158. The number of anilines is 1. The zero-order valence-electron chi connectivity index (χ0n) is 14.3. The van der Waals surface area contributed by atoms with Crippen LogP contribution in [0.1, 0.15) is 5.56 Å². The van der Waals surface area contributed by atoms with Crippen LogP contribution in [0.4, 0.5) is 10.5 Å². The first-order valence-corrected chi connectivity index (χ1v) is 8.85. The Balaban J connectivity index is 2.08. The van der Waals surface area contributed by atoms with E-state index in [1.54, 1.807) is 24.3 Å². The molecule has 0 bridgehead atoms. The van der Waals surface area contributed by atoms with Gasteiger partial charge in [0.15, 0.2) is 0 Å². The summed E-state index contributed by atoms with van der Waals surface area (Å²) in [5.41, 5.74) is 1.52. The third kappa shape index (κ3) is 6.47. The summed E-state index contributed by atoms with van der Waals surface area (Å²) in [5, 5.41) is 3.73. The Kier molecular flexibility index (Phi) is 7.54.